The Labute approximate surface area is 182 Å². The van der Waals surface area contributed by atoms with Crippen molar-refractivity contribution < 1.29 is 17.6 Å². The Morgan fingerprint density at radius 1 is 1.13 bits per heavy atom. The van der Waals surface area contributed by atoms with Gasteiger partial charge >= 0.3 is 0 Å². The summed E-state index contributed by atoms with van der Waals surface area (Å²) < 4.78 is 41.0. The molecular formula is C22H27FN4O3S. The quantitative estimate of drug-likeness (QED) is 0.684. The van der Waals surface area contributed by atoms with Crippen LogP contribution in [0.1, 0.15) is 31.2 Å². The van der Waals surface area contributed by atoms with Gasteiger partial charge in [0.2, 0.25) is 5.91 Å². The molecule has 2 aromatic carbocycles. The molecule has 1 aliphatic heterocycles. The minimum atomic E-state index is -3.77. The van der Waals surface area contributed by atoms with Crippen molar-refractivity contribution in [3.63, 3.8) is 0 Å². The second kappa shape index (κ2) is 10.5. The highest BCUT2D eigenvalue weighted by Gasteiger charge is 2.18. The highest BCUT2D eigenvalue weighted by Crippen LogP contribution is 2.17. The number of benzene rings is 2. The maximum atomic E-state index is 13.0. The summed E-state index contributed by atoms with van der Waals surface area (Å²) in [6, 6.07) is 12.2. The minimum absolute atomic E-state index is 0.0666. The third-order valence-electron chi connectivity index (χ3n) is 4.83. The Kier molecular flexibility index (Phi) is 7.75. The van der Waals surface area contributed by atoms with Crippen LogP contribution in [0.15, 0.2) is 58.4 Å². The van der Waals surface area contributed by atoms with E-state index in [0.717, 1.165) is 24.8 Å². The molecular weight excluding hydrogens is 419 g/mol. The second-order valence-corrected chi connectivity index (χ2v) is 9.30. The molecule has 0 atom stereocenters. The van der Waals surface area contributed by atoms with E-state index in [4.69, 9.17) is 0 Å². The molecule has 0 unspecified atom stereocenters. The number of aliphatic imine (C=N–C) groups is 1. The van der Waals surface area contributed by atoms with Crippen LogP contribution in [0, 0.1) is 5.82 Å². The molecule has 9 heteroatoms. The van der Waals surface area contributed by atoms with Gasteiger partial charge in [0.1, 0.15) is 11.7 Å². The van der Waals surface area contributed by atoms with Crippen LogP contribution in [0.25, 0.3) is 0 Å². The SMILES string of the molecule is CN(CC(=O)Nc1cccc(S(=O)(=O)NC2=NCCCCC2)c1)Cc1ccc(F)cc1. The lowest BCUT2D eigenvalue weighted by Gasteiger charge is -2.17. The number of carbonyl (C=O) groups excluding carboxylic acids is 1. The number of nitrogens with zero attached hydrogens (tertiary/aromatic N) is 2. The van der Waals surface area contributed by atoms with E-state index < -0.39 is 10.0 Å². The van der Waals surface area contributed by atoms with Crippen LogP contribution in [0.5, 0.6) is 0 Å². The fourth-order valence-corrected chi connectivity index (χ4v) is 4.45. The first-order valence-electron chi connectivity index (χ1n) is 10.2. The van der Waals surface area contributed by atoms with E-state index in [1.165, 1.54) is 24.3 Å². The number of rotatable bonds is 7. The Hall–Kier alpha value is -2.78. The first-order valence-corrected chi connectivity index (χ1v) is 11.7. The molecule has 0 fully saturated rings. The summed E-state index contributed by atoms with van der Waals surface area (Å²) in [5.41, 5.74) is 1.28. The van der Waals surface area contributed by atoms with E-state index in [2.05, 4.69) is 15.0 Å². The molecule has 3 rings (SSSR count). The molecule has 0 radical (unpaired) electrons. The van der Waals surface area contributed by atoms with Crippen molar-refractivity contribution in [1.82, 2.24) is 9.62 Å². The van der Waals surface area contributed by atoms with Gasteiger partial charge in [-0.2, -0.15) is 0 Å². The number of carbonyl (C=O) groups is 1. The standard InChI is InChI=1S/C22H27FN4O3S/c1-27(15-17-9-11-18(23)12-10-17)16-22(28)25-19-6-5-7-20(14-19)31(29,30)26-21-8-3-2-4-13-24-21/h5-7,9-12,14H,2-4,8,13,15-16H2,1H3,(H,24,26)(H,25,28). The van der Waals surface area contributed by atoms with Crippen LogP contribution in [0.4, 0.5) is 10.1 Å². The van der Waals surface area contributed by atoms with Crippen molar-refractivity contribution in [2.75, 3.05) is 25.5 Å². The molecule has 0 aromatic heterocycles. The zero-order valence-corrected chi connectivity index (χ0v) is 18.3. The number of amides is 1. The number of hydrogen-bond donors (Lipinski definition) is 2. The average molecular weight is 447 g/mol. The van der Waals surface area contributed by atoms with Crippen molar-refractivity contribution >= 4 is 27.5 Å². The van der Waals surface area contributed by atoms with E-state index >= 15 is 0 Å². The molecule has 2 N–H and O–H groups in total. The molecule has 0 bridgehead atoms. The Morgan fingerprint density at radius 2 is 1.90 bits per heavy atom. The van der Waals surface area contributed by atoms with E-state index in [1.807, 2.05) is 0 Å². The second-order valence-electron chi connectivity index (χ2n) is 7.62. The topological polar surface area (TPSA) is 90.9 Å². The molecule has 0 aliphatic carbocycles. The monoisotopic (exact) mass is 446 g/mol. The summed E-state index contributed by atoms with van der Waals surface area (Å²) in [5.74, 6) is -0.103. The minimum Gasteiger partial charge on any atom is -0.325 e. The van der Waals surface area contributed by atoms with Crippen LogP contribution in [-0.4, -0.2) is 45.2 Å². The zero-order valence-electron chi connectivity index (χ0n) is 17.5. The smallest absolute Gasteiger partial charge is 0.262 e. The summed E-state index contributed by atoms with van der Waals surface area (Å²) in [7, 11) is -2.00. The number of nitrogens with one attached hydrogen (secondary N) is 2. The molecule has 0 saturated heterocycles. The fourth-order valence-electron chi connectivity index (χ4n) is 3.32. The van der Waals surface area contributed by atoms with Gasteiger partial charge in [-0.1, -0.05) is 24.6 Å². The molecule has 1 aliphatic rings. The van der Waals surface area contributed by atoms with Crippen molar-refractivity contribution in [3.05, 3.63) is 59.9 Å². The Balaban J connectivity index is 1.59. The summed E-state index contributed by atoms with van der Waals surface area (Å²) in [6.45, 7) is 1.21. The largest absolute Gasteiger partial charge is 0.325 e. The number of likely N-dealkylation sites (N-methyl/N-ethyl adjacent to an activating group) is 1. The van der Waals surface area contributed by atoms with Gasteiger partial charge in [0.15, 0.2) is 0 Å². The summed E-state index contributed by atoms with van der Waals surface area (Å²) in [5, 5.41) is 2.73. The fraction of sp³-hybridized carbons (Fsp3) is 0.364. The predicted molar refractivity (Wildman–Crippen MR) is 119 cm³/mol. The molecule has 31 heavy (non-hydrogen) atoms. The maximum Gasteiger partial charge on any atom is 0.262 e. The molecule has 166 valence electrons. The number of sulfonamides is 1. The van der Waals surface area contributed by atoms with Gasteiger partial charge in [-0.05, 0) is 55.8 Å². The van der Waals surface area contributed by atoms with Gasteiger partial charge in [-0.3, -0.25) is 19.4 Å². The van der Waals surface area contributed by atoms with Gasteiger partial charge in [-0.25, -0.2) is 12.8 Å². The van der Waals surface area contributed by atoms with Gasteiger partial charge in [0, 0.05) is 25.2 Å². The predicted octanol–water partition coefficient (Wildman–Crippen LogP) is 3.15. The highest BCUT2D eigenvalue weighted by atomic mass is 32.2. The van der Waals surface area contributed by atoms with Gasteiger partial charge in [0.25, 0.3) is 10.0 Å². The number of halogens is 1. The summed E-state index contributed by atoms with van der Waals surface area (Å²) in [6.07, 6.45) is 3.51. The summed E-state index contributed by atoms with van der Waals surface area (Å²) >= 11 is 0. The lowest BCUT2D eigenvalue weighted by molar-refractivity contribution is -0.117. The van der Waals surface area contributed by atoms with Gasteiger partial charge in [-0.15, -0.1) is 0 Å². The Morgan fingerprint density at radius 3 is 2.68 bits per heavy atom. The van der Waals surface area contributed by atoms with Crippen molar-refractivity contribution in [1.29, 1.82) is 0 Å². The van der Waals surface area contributed by atoms with Crippen LogP contribution in [0.2, 0.25) is 0 Å². The highest BCUT2D eigenvalue weighted by molar-refractivity contribution is 7.90. The van der Waals surface area contributed by atoms with Gasteiger partial charge in [0.05, 0.1) is 11.4 Å². The maximum absolute atomic E-state index is 13.0. The van der Waals surface area contributed by atoms with E-state index in [9.17, 15) is 17.6 Å². The summed E-state index contributed by atoms with van der Waals surface area (Å²) in [4.78, 5) is 18.5. The molecule has 2 aromatic rings. The van der Waals surface area contributed by atoms with E-state index in [1.54, 1.807) is 36.2 Å². The van der Waals surface area contributed by atoms with Gasteiger partial charge < -0.3 is 5.32 Å². The Bertz CT molecular complexity index is 1040. The van der Waals surface area contributed by atoms with Crippen LogP contribution < -0.4 is 10.0 Å². The number of hydrogen-bond acceptors (Lipinski definition) is 5. The van der Waals surface area contributed by atoms with Crippen LogP contribution in [0.3, 0.4) is 0 Å². The normalized spacial score (nSPS) is 14.6. The number of anilines is 1. The van der Waals surface area contributed by atoms with Crippen molar-refractivity contribution in [3.8, 4) is 0 Å². The molecule has 1 amide bonds. The van der Waals surface area contributed by atoms with Crippen LogP contribution >= 0.6 is 0 Å². The lowest BCUT2D eigenvalue weighted by Crippen LogP contribution is -2.31. The molecule has 0 spiro atoms. The zero-order chi connectivity index (χ0) is 22.3. The third-order valence-corrected chi connectivity index (χ3v) is 6.21. The van der Waals surface area contributed by atoms with E-state index in [0.29, 0.717) is 31.0 Å². The number of amidine groups is 1. The lowest BCUT2D eigenvalue weighted by atomic mass is 10.2. The molecule has 7 nitrogen and oxygen atoms in total. The van der Waals surface area contributed by atoms with Crippen molar-refractivity contribution in [2.24, 2.45) is 4.99 Å². The first-order chi connectivity index (χ1) is 14.8. The van der Waals surface area contributed by atoms with E-state index in [-0.39, 0.29) is 23.2 Å². The van der Waals surface area contributed by atoms with Crippen molar-refractivity contribution in [2.45, 2.75) is 37.1 Å². The first kappa shape index (κ1) is 22.9. The molecule has 1 heterocycles. The average Bonchev–Trinajstić information content (AvgIpc) is 2.98. The van der Waals surface area contributed by atoms with Crippen LogP contribution in [-0.2, 0) is 21.4 Å². The third kappa shape index (κ3) is 7.15. The molecule has 0 saturated carbocycles.